The molecule has 1 N–H and O–H groups in total. The molecule has 24 heavy (non-hydrogen) atoms. The normalized spacial score (nSPS) is 10.5. The Bertz CT molecular complexity index is 846. The molecule has 0 bridgehead atoms. The van der Waals surface area contributed by atoms with Gasteiger partial charge in [0.05, 0.1) is 12.7 Å². The van der Waals surface area contributed by atoms with Gasteiger partial charge < -0.3 is 14.5 Å². The highest BCUT2D eigenvalue weighted by atomic mass is 16.5. The zero-order chi connectivity index (χ0) is 17.1. The van der Waals surface area contributed by atoms with Crippen molar-refractivity contribution in [1.82, 2.24) is 0 Å². The van der Waals surface area contributed by atoms with E-state index in [9.17, 15) is 4.79 Å². The first-order valence-corrected chi connectivity index (χ1v) is 7.69. The molecule has 0 fully saturated rings. The number of rotatable bonds is 4. The first kappa shape index (κ1) is 15.9. The maximum Gasteiger partial charge on any atom is 0.259 e. The third-order valence-corrected chi connectivity index (χ3v) is 3.85. The van der Waals surface area contributed by atoms with Gasteiger partial charge in [-0.05, 0) is 44.2 Å². The van der Waals surface area contributed by atoms with E-state index in [-0.39, 0.29) is 5.91 Å². The van der Waals surface area contributed by atoms with Gasteiger partial charge in [0.15, 0.2) is 0 Å². The maximum absolute atomic E-state index is 12.5. The topological polar surface area (TPSA) is 51.5 Å². The number of hydrogen-bond donors (Lipinski definition) is 1. The van der Waals surface area contributed by atoms with Crippen molar-refractivity contribution in [2.24, 2.45) is 0 Å². The lowest BCUT2D eigenvalue weighted by molar-refractivity contribution is 0.102. The third-order valence-electron chi connectivity index (χ3n) is 3.85. The molecule has 122 valence electrons. The number of carbonyl (C=O) groups is 1. The molecule has 1 aromatic heterocycles. The number of carbonyl (C=O) groups excluding carboxylic acids is 1. The van der Waals surface area contributed by atoms with E-state index in [1.54, 1.807) is 44.4 Å². The monoisotopic (exact) mass is 321 g/mol. The minimum absolute atomic E-state index is 0.195. The molecule has 4 nitrogen and oxygen atoms in total. The van der Waals surface area contributed by atoms with Crippen molar-refractivity contribution in [2.45, 2.75) is 13.8 Å². The molecule has 2 aromatic carbocycles. The standard InChI is InChI=1S/C20H19NO3/c1-13-4-6-15(7-5-13)19-12-18(14(2)24-19)20(22)21-16-8-10-17(23-3)11-9-16/h4-12H,1-3H3,(H,21,22). The maximum atomic E-state index is 12.5. The average Bonchev–Trinajstić information content (AvgIpc) is 2.98. The molecule has 0 atom stereocenters. The van der Waals surface area contributed by atoms with Gasteiger partial charge in [0.2, 0.25) is 0 Å². The van der Waals surface area contributed by atoms with E-state index in [2.05, 4.69) is 5.32 Å². The summed E-state index contributed by atoms with van der Waals surface area (Å²) in [6.07, 6.45) is 0. The summed E-state index contributed by atoms with van der Waals surface area (Å²) in [7, 11) is 1.61. The Morgan fingerprint density at radius 1 is 1.00 bits per heavy atom. The number of nitrogens with one attached hydrogen (secondary N) is 1. The molecule has 0 radical (unpaired) electrons. The molecule has 0 spiro atoms. The number of hydrogen-bond acceptors (Lipinski definition) is 3. The fourth-order valence-corrected chi connectivity index (χ4v) is 2.44. The summed E-state index contributed by atoms with van der Waals surface area (Å²) >= 11 is 0. The Hall–Kier alpha value is -3.01. The van der Waals surface area contributed by atoms with E-state index < -0.39 is 0 Å². The molecule has 4 heteroatoms. The van der Waals surface area contributed by atoms with Gasteiger partial charge in [-0.2, -0.15) is 0 Å². The van der Waals surface area contributed by atoms with Crippen LogP contribution >= 0.6 is 0 Å². The van der Waals surface area contributed by atoms with Crippen LogP contribution in [0.2, 0.25) is 0 Å². The minimum Gasteiger partial charge on any atom is -0.497 e. The molecule has 0 saturated carbocycles. The second-order valence-corrected chi connectivity index (χ2v) is 5.63. The van der Waals surface area contributed by atoms with Gasteiger partial charge in [-0.15, -0.1) is 0 Å². The molecule has 3 rings (SSSR count). The van der Waals surface area contributed by atoms with E-state index in [0.29, 0.717) is 22.8 Å². The lowest BCUT2D eigenvalue weighted by atomic mass is 10.1. The second kappa shape index (κ2) is 6.62. The first-order chi connectivity index (χ1) is 11.6. The van der Waals surface area contributed by atoms with E-state index >= 15 is 0 Å². The summed E-state index contributed by atoms with van der Waals surface area (Å²) < 4.78 is 10.9. The van der Waals surface area contributed by atoms with Crippen LogP contribution in [0.3, 0.4) is 0 Å². The van der Waals surface area contributed by atoms with Gasteiger partial charge in [-0.3, -0.25) is 4.79 Å². The van der Waals surface area contributed by atoms with Crippen molar-refractivity contribution in [3.05, 3.63) is 71.5 Å². The summed E-state index contributed by atoms with van der Waals surface area (Å²) in [5, 5.41) is 2.87. The van der Waals surface area contributed by atoms with Crippen molar-refractivity contribution in [3.8, 4) is 17.1 Å². The van der Waals surface area contributed by atoms with Crippen LogP contribution in [-0.4, -0.2) is 13.0 Å². The molecular weight excluding hydrogens is 302 g/mol. The lowest BCUT2D eigenvalue weighted by Gasteiger charge is -2.05. The second-order valence-electron chi connectivity index (χ2n) is 5.63. The van der Waals surface area contributed by atoms with Crippen molar-refractivity contribution >= 4 is 11.6 Å². The van der Waals surface area contributed by atoms with E-state index in [1.165, 1.54) is 5.56 Å². The first-order valence-electron chi connectivity index (χ1n) is 7.69. The lowest BCUT2D eigenvalue weighted by Crippen LogP contribution is -2.11. The Balaban J connectivity index is 1.81. The molecular formula is C20H19NO3. The number of methoxy groups -OCH3 is 1. The predicted molar refractivity (Wildman–Crippen MR) is 94.6 cm³/mol. The number of amides is 1. The molecule has 1 amide bonds. The Labute approximate surface area is 141 Å². The SMILES string of the molecule is COc1ccc(NC(=O)c2cc(-c3ccc(C)cc3)oc2C)cc1. The van der Waals surface area contributed by atoms with Crippen LogP contribution in [0.5, 0.6) is 5.75 Å². The summed E-state index contributed by atoms with van der Waals surface area (Å²) in [5.41, 5.74) is 3.37. The van der Waals surface area contributed by atoms with Gasteiger partial charge in [0.1, 0.15) is 17.3 Å². The van der Waals surface area contributed by atoms with E-state index in [1.807, 2.05) is 31.2 Å². The van der Waals surface area contributed by atoms with Crippen molar-refractivity contribution in [1.29, 1.82) is 0 Å². The van der Waals surface area contributed by atoms with Crippen molar-refractivity contribution in [2.75, 3.05) is 12.4 Å². The third kappa shape index (κ3) is 3.33. The predicted octanol–water partition coefficient (Wildman–Crippen LogP) is 4.82. The van der Waals surface area contributed by atoms with Gasteiger partial charge in [0, 0.05) is 11.3 Å². The van der Waals surface area contributed by atoms with Gasteiger partial charge in [-0.25, -0.2) is 0 Å². The smallest absolute Gasteiger partial charge is 0.259 e. The van der Waals surface area contributed by atoms with Crippen molar-refractivity contribution < 1.29 is 13.9 Å². The quantitative estimate of drug-likeness (QED) is 0.749. The fourth-order valence-electron chi connectivity index (χ4n) is 2.44. The van der Waals surface area contributed by atoms with Crippen LogP contribution in [0.25, 0.3) is 11.3 Å². The van der Waals surface area contributed by atoms with E-state index in [4.69, 9.17) is 9.15 Å². The molecule has 0 aliphatic carbocycles. The number of aryl methyl sites for hydroxylation is 2. The van der Waals surface area contributed by atoms with Crippen LogP contribution in [0.4, 0.5) is 5.69 Å². The van der Waals surface area contributed by atoms with Crippen LogP contribution in [0.1, 0.15) is 21.7 Å². The summed E-state index contributed by atoms with van der Waals surface area (Å²) in [6.45, 7) is 3.82. The Morgan fingerprint density at radius 3 is 2.29 bits per heavy atom. The molecule has 3 aromatic rings. The van der Waals surface area contributed by atoms with E-state index in [0.717, 1.165) is 11.3 Å². The number of ether oxygens (including phenoxy) is 1. The zero-order valence-electron chi connectivity index (χ0n) is 13.9. The molecule has 0 aliphatic rings. The largest absolute Gasteiger partial charge is 0.497 e. The fraction of sp³-hybridized carbons (Fsp3) is 0.150. The summed E-state index contributed by atoms with van der Waals surface area (Å²) in [4.78, 5) is 12.5. The van der Waals surface area contributed by atoms with Crippen LogP contribution in [0, 0.1) is 13.8 Å². The summed E-state index contributed by atoms with van der Waals surface area (Å²) in [5.74, 6) is 1.83. The van der Waals surface area contributed by atoms with Crippen LogP contribution in [-0.2, 0) is 0 Å². The van der Waals surface area contributed by atoms with Gasteiger partial charge in [-0.1, -0.05) is 29.8 Å². The van der Waals surface area contributed by atoms with Gasteiger partial charge >= 0.3 is 0 Å². The zero-order valence-corrected chi connectivity index (χ0v) is 13.9. The van der Waals surface area contributed by atoms with Gasteiger partial charge in [0.25, 0.3) is 5.91 Å². The Kier molecular flexibility index (Phi) is 4.38. The number of furan rings is 1. The minimum atomic E-state index is -0.195. The molecule has 0 saturated heterocycles. The van der Waals surface area contributed by atoms with Crippen LogP contribution < -0.4 is 10.1 Å². The average molecular weight is 321 g/mol. The number of anilines is 1. The Morgan fingerprint density at radius 2 is 1.67 bits per heavy atom. The highest BCUT2D eigenvalue weighted by Gasteiger charge is 2.16. The molecule has 0 unspecified atom stereocenters. The highest BCUT2D eigenvalue weighted by Crippen LogP contribution is 2.26. The molecule has 1 heterocycles. The van der Waals surface area contributed by atoms with Crippen LogP contribution in [0.15, 0.2) is 59.0 Å². The molecule has 0 aliphatic heterocycles. The number of benzene rings is 2. The highest BCUT2D eigenvalue weighted by molar-refractivity contribution is 6.05. The van der Waals surface area contributed by atoms with Crippen molar-refractivity contribution in [3.63, 3.8) is 0 Å². The summed E-state index contributed by atoms with van der Waals surface area (Å²) in [6, 6.07) is 17.0.